The maximum absolute atomic E-state index is 10.1. The van der Waals surface area contributed by atoms with E-state index in [1.54, 1.807) is 0 Å². The molecule has 2 rings (SSSR count). The molecule has 88 valence electrons. The van der Waals surface area contributed by atoms with Gasteiger partial charge in [0, 0.05) is 10.4 Å². The minimum atomic E-state index is -0.193. The molecule has 0 saturated heterocycles. The molecule has 0 heterocycles. The van der Waals surface area contributed by atoms with E-state index in [1.165, 1.54) is 5.56 Å². The van der Waals surface area contributed by atoms with Crippen LogP contribution in [0, 0.1) is 11.3 Å². The quantitative estimate of drug-likeness (QED) is 0.830. The third-order valence-corrected chi connectivity index (χ3v) is 4.61. The van der Waals surface area contributed by atoms with Crippen molar-refractivity contribution in [3.8, 4) is 0 Å². The highest BCUT2D eigenvalue weighted by molar-refractivity contribution is 6.30. The van der Waals surface area contributed by atoms with Gasteiger partial charge in [0.25, 0.3) is 0 Å². The Hall–Kier alpha value is -0.530. The Morgan fingerprint density at radius 2 is 2.12 bits per heavy atom. The molecule has 4 atom stereocenters. The van der Waals surface area contributed by atoms with E-state index in [2.05, 4.69) is 26.8 Å². The molecule has 0 aliphatic heterocycles. The molecule has 0 bridgehead atoms. The van der Waals surface area contributed by atoms with Gasteiger partial charge >= 0.3 is 0 Å². The predicted octanol–water partition coefficient (Wildman–Crippen LogP) is 3.85. The summed E-state index contributed by atoms with van der Waals surface area (Å²) in [5.41, 5.74) is 1.26. The normalized spacial score (nSPS) is 38.2. The third-order valence-electron chi connectivity index (χ3n) is 4.38. The van der Waals surface area contributed by atoms with Gasteiger partial charge in [0.05, 0.1) is 6.10 Å². The van der Waals surface area contributed by atoms with Crippen LogP contribution < -0.4 is 0 Å². The molecule has 0 radical (unpaired) electrons. The summed E-state index contributed by atoms with van der Waals surface area (Å²) in [6, 6.07) is 8.04. The lowest BCUT2D eigenvalue weighted by molar-refractivity contribution is -0.129. The second kappa shape index (κ2) is 4.05. The van der Waals surface area contributed by atoms with Crippen molar-refractivity contribution in [2.45, 2.75) is 39.2 Å². The van der Waals surface area contributed by atoms with Crippen LogP contribution in [0.3, 0.4) is 0 Å². The average Bonchev–Trinajstić information content (AvgIpc) is 2.28. The summed E-state index contributed by atoms with van der Waals surface area (Å²) in [6.07, 6.45) is 0.803. The summed E-state index contributed by atoms with van der Waals surface area (Å²) in [7, 11) is 0. The van der Waals surface area contributed by atoms with Crippen LogP contribution in [0.25, 0.3) is 0 Å². The van der Waals surface area contributed by atoms with Crippen molar-refractivity contribution in [3.05, 3.63) is 34.9 Å². The van der Waals surface area contributed by atoms with Gasteiger partial charge in [-0.1, -0.05) is 44.5 Å². The van der Waals surface area contributed by atoms with E-state index in [0.29, 0.717) is 11.8 Å². The van der Waals surface area contributed by atoms with Gasteiger partial charge in [0.2, 0.25) is 0 Å². The van der Waals surface area contributed by atoms with E-state index in [0.717, 1.165) is 11.4 Å². The van der Waals surface area contributed by atoms with Gasteiger partial charge in [-0.15, -0.1) is 0 Å². The summed E-state index contributed by atoms with van der Waals surface area (Å²) in [5, 5.41) is 10.9. The highest BCUT2D eigenvalue weighted by Gasteiger charge is 2.55. The Morgan fingerprint density at radius 1 is 1.44 bits per heavy atom. The van der Waals surface area contributed by atoms with Crippen molar-refractivity contribution in [2.75, 3.05) is 0 Å². The van der Waals surface area contributed by atoms with Crippen molar-refractivity contribution < 1.29 is 5.11 Å². The molecule has 16 heavy (non-hydrogen) atoms. The molecule has 1 aliphatic rings. The molecule has 1 N–H and O–H groups in total. The van der Waals surface area contributed by atoms with Crippen LogP contribution in [0.4, 0.5) is 0 Å². The number of aliphatic hydroxyl groups is 1. The molecule has 1 fully saturated rings. The Kier molecular flexibility index (Phi) is 3.02. The lowest BCUT2D eigenvalue weighted by Gasteiger charge is -2.57. The van der Waals surface area contributed by atoms with E-state index < -0.39 is 0 Å². The average molecular weight is 239 g/mol. The van der Waals surface area contributed by atoms with Crippen LogP contribution in [0.5, 0.6) is 0 Å². The smallest absolute Gasteiger partial charge is 0.0631 e. The molecule has 2 heteroatoms. The van der Waals surface area contributed by atoms with Gasteiger partial charge in [0.1, 0.15) is 0 Å². The number of aliphatic hydroxyl groups excluding tert-OH is 1. The molecule has 0 aromatic heterocycles. The molecule has 1 aromatic rings. The topological polar surface area (TPSA) is 20.2 Å². The SMILES string of the molecule is CCC1(C)C(O)C(C)C1c1cccc(Cl)c1. The molecule has 1 nitrogen and oxygen atoms in total. The summed E-state index contributed by atoms with van der Waals surface area (Å²) < 4.78 is 0. The van der Waals surface area contributed by atoms with E-state index in [1.807, 2.05) is 18.2 Å². The van der Waals surface area contributed by atoms with Gasteiger partial charge in [-0.3, -0.25) is 0 Å². The second-order valence-corrected chi connectivity index (χ2v) is 5.63. The number of benzene rings is 1. The zero-order valence-corrected chi connectivity index (χ0v) is 10.8. The lowest BCUT2D eigenvalue weighted by Crippen LogP contribution is -2.56. The molecular formula is C14H19ClO. The van der Waals surface area contributed by atoms with Crippen molar-refractivity contribution in [1.82, 2.24) is 0 Å². The number of rotatable bonds is 2. The second-order valence-electron chi connectivity index (χ2n) is 5.20. The maximum atomic E-state index is 10.1. The van der Waals surface area contributed by atoms with Crippen LogP contribution in [0.15, 0.2) is 24.3 Å². The third kappa shape index (κ3) is 1.57. The predicted molar refractivity (Wildman–Crippen MR) is 67.8 cm³/mol. The summed E-state index contributed by atoms with van der Waals surface area (Å²) in [6.45, 7) is 6.43. The molecule has 1 saturated carbocycles. The number of hydrogen-bond acceptors (Lipinski definition) is 1. The number of halogens is 1. The van der Waals surface area contributed by atoms with Crippen molar-refractivity contribution in [1.29, 1.82) is 0 Å². The molecule has 1 aliphatic carbocycles. The van der Waals surface area contributed by atoms with E-state index in [4.69, 9.17) is 11.6 Å². The zero-order valence-electron chi connectivity index (χ0n) is 10.1. The fourth-order valence-electron chi connectivity index (χ4n) is 3.26. The van der Waals surface area contributed by atoms with Crippen molar-refractivity contribution in [3.63, 3.8) is 0 Å². The lowest BCUT2D eigenvalue weighted by atomic mass is 9.50. The molecular weight excluding hydrogens is 220 g/mol. The van der Waals surface area contributed by atoms with Gasteiger partial charge in [-0.25, -0.2) is 0 Å². The van der Waals surface area contributed by atoms with Crippen LogP contribution in [-0.2, 0) is 0 Å². The molecule has 0 amide bonds. The fourth-order valence-corrected chi connectivity index (χ4v) is 3.46. The first-order chi connectivity index (χ1) is 7.50. The van der Waals surface area contributed by atoms with E-state index in [9.17, 15) is 5.11 Å². The zero-order chi connectivity index (χ0) is 11.9. The Balaban J connectivity index is 2.34. The highest BCUT2D eigenvalue weighted by atomic mass is 35.5. The Morgan fingerprint density at radius 3 is 2.69 bits per heavy atom. The Labute approximate surface area is 102 Å². The van der Waals surface area contributed by atoms with Crippen LogP contribution in [0.1, 0.15) is 38.7 Å². The maximum Gasteiger partial charge on any atom is 0.0631 e. The van der Waals surface area contributed by atoms with Gasteiger partial charge in [0.15, 0.2) is 0 Å². The van der Waals surface area contributed by atoms with Crippen molar-refractivity contribution >= 4 is 11.6 Å². The monoisotopic (exact) mass is 238 g/mol. The van der Waals surface area contributed by atoms with E-state index >= 15 is 0 Å². The molecule has 4 unspecified atom stereocenters. The minimum absolute atomic E-state index is 0.00407. The van der Waals surface area contributed by atoms with Crippen LogP contribution in [0.2, 0.25) is 5.02 Å². The first kappa shape index (κ1) is 11.9. The number of hydrogen-bond donors (Lipinski definition) is 1. The largest absolute Gasteiger partial charge is 0.392 e. The fraction of sp³-hybridized carbons (Fsp3) is 0.571. The molecule has 1 aromatic carbocycles. The van der Waals surface area contributed by atoms with Crippen LogP contribution >= 0.6 is 11.6 Å². The summed E-state index contributed by atoms with van der Waals surface area (Å²) >= 11 is 6.03. The van der Waals surface area contributed by atoms with E-state index in [-0.39, 0.29) is 11.5 Å². The highest BCUT2D eigenvalue weighted by Crippen LogP contribution is 2.58. The van der Waals surface area contributed by atoms with Crippen molar-refractivity contribution in [2.24, 2.45) is 11.3 Å². The molecule has 0 spiro atoms. The van der Waals surface area contributed by atoms with Gasteiger partial charge in [-0.2, -0.15) is 0 Å². The van der Waals surface area contributed by atoms with Gasteiger partial charge < -0.3 is 5.11 Å². The minimum Gasteiger partial charge on any atom is -0.392 e. The summed E-state index contributed by atoms with van der Waals surface area (Å²) in [4.78, 5) is 0. The first-order valence-electron chi connectivity index (χ1n) is 5.94. The standard InChI is InChI=1S/C14H19ClO/c1-4-14(3)12(9(2)13(14)16)10-6-5-7-11(15)8-10/h5-9,12-13,16H,4H2,1-3H3. The van der Waals surface area contributed by atoms with Crippen LogP contribution in [-0.4, -0.2) is 11.2 Å². The Bertz CT molecular complexity index is 390. The summed E-state index contributed by atoms with van der Waals surface area (Å²) in [5.74, 6) is 0.745. The first-order valence-corrected chi connectivity index (χ1v) is 6.32. The van der Waals surface area contributed by atoms with Gasteiger partial charge in [-0.05, 0) is 36.0 Å².